The van der Waals surface area contributed by atoms with Crippen molar-refractivity contribution in [3.8, 4) is 11.6 Å². The van der Waals surface area contributed by atoms with Gasteiger partial charge in [-0.2, -0.15) is 0 Å². The van der Waals surface area contributed by atoms with Crippen LogP contribution in [0.4, 0.5) is 0 Å². The summed E-state index contributed by atoms with van der Waals surface area (Å²) in [6.45, 7) is 0.247. The Morgan fingerprint density at radius 2 is 2.06 bits per heavy atom. The van der Waals surface area contributed by atoms with E-state index >= 15 is 0 Å². The summed E-state index contributed by atoms with van der Waals surface area (Å²) in [5.74, 6) is 0.798. The lowest BCUT2D eigenvalue weighted by Gasteiger charge is -2.00. The van der Waals surface area contributed by atoms with Gasteiger partial charge in [0, 0.05) is 25.6 Å². The molecular weight excluding hydrogens is 220 g/mol. The lowest BCUT2D eigenvalue weighted by molar-refractivity contribution is 0.0478. The average Bonchev–Trinajstić information content (AvgIpc) is 2.39. The summed E-state index contributed by atoms with van der Waals surface area (Å²) in [6.07, 6.45) is 4.67. The van der Waals surface area contributed by atoms with Gasteiger partial charge in [0.05, 0.1) is 6.20 Å². The van der Waals surface area contributed by atoms with Crippen molar-refractivity contribution in [2.24, 2.45) is 0 Å². The summed E-state index contributed by atoms with van der Waals surface area (Å²) >= 11 is 0. The molecule has 0 aromatic carbocycles. The maximum Gasteiger partial charge on any atom is 0.215 e. The van der Waals surface area contributed by atoms with Crippen molar-refractivity contribution < 1.29 is 14.6 Å². The molecule has 0 saturated heterocycles. The minimum absolute atomic E-state index is 0.211. The fourth-order valence-corrected chi connectivity index (χ4v) is 0.906. The molecule has 0 radical (unpaired) electrons. The van der Waals surface area contributed by atoms with Crippen LogP contribution in [-0.2, 0) is 4.74 Å². The smallest absolute Gasteiger partial charge is 0.215 e. The standard InChI is InChI=1S/C7H9NO2.C5H5NO/c1-9-6-10-7-4-2-3-5-8-7;7-5-2-1-3-6-4-5/h2-5H,6H2,1H3;1-4,7H. The van der Waals surface area contributed by atoms with Crippen molar-refractivity contribution in [3.63, 3.8) is 0 Å². The third-order valence-corrected chi connectivity index (χ3v) is 1.61. The monoisotopic (exact) mass is 234 g/mol. The van der Waals surface area contributed by atoms with Crippen LogP contribution >= 0.6 is 0 Å². The molecule has 0 spiro atoms. The SMILES string of the molecule is COCOc1ccccn1.Oc1cccnc1. The lowest BCUT2D eigenvalue weighted by atomic mass is 10.5. The zero-order valence-corrected chi connectivity index (χ0v) is 9.48. The van der Waals surface area contributed by atoms with Crippen LogP contribution in [0.1, 0.15) is 0 Å². The van der Waals surface area contributed by atoms with Gasteiger partial charge < -0.3 is 14.6 Å². The van der Waals surface area contributed by atoms with Crippen molar-refractivity contribution >= 4 is 0 Å². The van der Waals surface area contributed by atoms with Crippen molar-refractivity contribution in [2.75, 3.05) is 13.9 Å². The molecule has 0 unspecified atom stereocenters. The quantitative estimate of drug-likeness (QED) is 0.821. The second-order valence-electron chi connectivity index (χ2n) is 2.93. The number of hydrogen-bond donors (Lipinski definition) is 1. The minimum Gasteiger partial charge on any atom is -0.506 e. The molecule has 0 fully saturated rings. The molecule has 0 bridgehead atoms. The van der Waals surface area contributed by atoms with E-state index in [2.05, 4.69) is 14.7 Å². The molecule has 5 heteroatoms. The van der Waals surface area contributed by atoms with Crippen molar-refractivity contribution in [1.29, 1.82) is 0 Å². The van der Waals surface area contributed by atoms with Crippen LogP contribution in [0.5, 0.6) is 11.6 Å². The first-order valence-corrected chi connectivity index (χ1v) is 4.94. The summed E-state index contributed by atoms with van der Waals surface area (Å²) in [5.41, 5.74) is 0. The molecule has 90 valence electrons. The Labute approximate surface area is 99.7 Å². The molecule has 0 aliphatic rings. The second-order valence-corrected chi connectivity index (χ2v) is 2.93. The van der Waals surface area contributed by atoms with Crippen LogP contribution in [0.15, 0.2) is 48.9 Å². The van der Waals surface area contributed by atoms with E-state index in [4.69, 9.17) is 9.84 Å². The van der Waals surface area contributed by atoms with Crippen LogP contribution in [0.3, 0.4) is 0 Å². The molecule has 5 nitrogen and oxygen atoms in total. The maximum absolute atomic E-state index is 8.57. The highest BCUT2D eigenvalue weighted by Gasteiger charge is 1.88. The molecule has 2 aromatic heterocycles. The Morgan fingerprint density at radius 1 is 1.18 bits per heavy atom. The van der Waals surface area contributed by atoms with Crippen LogP contribution < -0.4 is 4.74 Å². The largest absolute Gasteiger partial charge is 0.506 e. The van der Waals surface area contributed by atoms with Gasteiger partial charge in [-0.3, -0.25) is 4.98 Å². The Hall–Kier alpha value is -2.14. The summed E-state index contributed by atoms with van der Waals surface area (Å²) < 4.78 is 9.71. The number of hydrogen-bond acceptors (Lipinski definition) is 5. The van der Waals surface area contributed by atoms with Gasteiger partial charge in [0.15, 0.2) is 6.79 Å². The second kappa shape index (κ2) is 8.06. The van der Waals surface area contributed by atoms with E-state index < -0.39 is 0 Å². The van der Waals surface area contributed by atoms with Gasteiger partial charge in [-0.05, 0) is 18.2 Å². The van der Waals surface area contributed by atoms with E-state index in [0.29, 0.717) is 5.88 Å². The van der Waals surface area contributed by atoms with Gasteiger partial charge in [0.2, 0.25) is 5.88 Å². The highest BCUT2D eigenvalue weighted by Crippen LogP contribution is 2.01. The van der Waals surface area contributed by atoms with Gasteiger partial charge in [0.1, 0.15) is 5.75 Å². The van der Waals surface area contributed by atoms with Gasteiger partial charge in [-0.25, -0.2) is 4.98 Å². The Bertz CT molecular complexity index is 395. The molecule has 2 heterocycles. The number of aromatic hydroxyl groups is 1. The molecule has 0 aliphatic carbocycles. The van der Waals surface area contributed by atoms with E-state index in [9.17, 15) is 0 Å². The first kappa shape index (κ1) is 12.9. The number of rotatable bonds is 3. The fraction of sp³-hybridized carbons (Fsp3) is 0.167. The lowest BCUT2D eigenvalue weighted by Crippen LogP contribution is -1.99. The molecule has 1 N–H and O–H groups in total. The summed E-state index contributed by atoms with van der Waals surface area (Å²) in [4.78, 5) is 7.55. The molecule has 17 heavy (non-hydrogen) atoms. The van der Waals surface area contributed by atoms with Crippen LogP contribution in [0, 0.1) is 0 Å². The predicted octanol–water partition coefficient (Wildman–Crippen LogP) is 1.85. The number of aromatic nitrogens is 2. The summed E-state index contributed by atoms with van der Waals surface area (Å²) in [6, 6.07) is 8.72. The van der Waals surface area contributed by atoms with Gasteiger partial charge in [-0.15, -0.1) is 0 Å². The van der Waals surface area contributed by atoms with Crippen LogP contribution in [0.25, 0.3) is 0 Å². The predicted molar refractivity (Wildman–Crippen MR) is 62.6 cm³/mol. The summed E-state index contributed by atoms with van der Waals surface area (Å²) in [7, 11) is 1.57. The van der Waals surface area contributed by atoms with Gasteiger partial charge in [-0.1, -0.05) is 6.07 Å². The van der Waals surface area contributed by atoms with Gasteiger partial charge >= 0.3 is 0 Å². The Morgan fingerprint density at radius 3 is 2.53 bits per heavy atom. The molecular formula is C12H14N2O3. The molecule has 0 atom stereocenters. The number of nitrogens with zero attached hydrogens (tertiary/aromatic N) is 2. The third kappa shape index (κ3) is 6.11. The van der Waals surface area contributed by atoms with Crippen molar-refractivity contribution in [2.45, 2.75) is 0 Å². The molecule has 0 amide bonds. The first-order chi connectivity index (χ1) is 8.33. The van der Waals surface area contributed by atoms with E-state index in [-0.39, 0.29) is 12.5 Å². The topological polar surface area (TPSA) is 64.5 Å². The normalized spacial score (nSPS) is 9.00. The highest BCUT2D eigenvalue weighted by atomic mass is 16.7. The Kier molecular flexibility index (Phi) is 6.13. The zero-order valence-electron chi connectivity index (χ0n) is 9.48. The summed E-state index contributed by atoms with van der Waals surface area (Å²) in [5, 5.41) is 8.57. The third-order valence-electron chi connectivity index (χ3n) is 1.61. The number of ether oxygens (including phenoxy) is 2. The van der Waals surface area contributed by atoms with Gasteiger partial charge in [0.25, 0.3) is 0 Å². The average molecular weight is 234 g/mol. The minimum atomic E-state index is 0.211. The van der Waals surface area contributed by atoms with E-state index in [1.807, 2.05) is 12.1 Å². The fourth-order valence-electron chi connectivity index (χ4n) is 0.906. The van der Waals surface area contributed by atoms with Crippen LogP contribution in [0.2, 0.25) is 0 Å². The van der Waals surface area contributed by atoms with E-state index in [1.54, 1.807) is 37.7 Å². The molecule has 2 rings (SSSR count). The van der Waals surface area contributed by atoms with Crippen molar-refractivity contribution in [1.82, 2.24) is 9.97 Å². The molecule has 0 saturated carbocycles. The number of pyridine rings is 2. The molecule has 0 aliphatic heterocycles. The van der Waals surface area contributed by atoms with E-state index in [1.165, 1.54) is 6.20 Å². The Balaban J connectivity index is 0.000000181. The van der Waals surface area contributed by atoms with E-state index in [0.717, 1.165) is 0 Å². The van der Waals surface area contributed by atoms with Crippen LogP contribution in [-0.4, -0.2) is 29.0 Å². The highest BCUT2D eigenvalue weighted by molar-refractivity contribution is 5.12. The maximum atomic E-state index is 8.57. The first-order valence-electron chi connectivity index (χ1n) is 4.94. The zero-order chi connectivity index (χ0) is 12.3. The number of methoxy groups -OCH3 is 1. The van der Waals surface area contributed by atoms with Crippen molar-refractivity contribution in [3.05, 3.63) is 48.9 Å². The molecule has 2 aromatic rings.